The van der Waals surface area contributed by atoms with E-state index in [0.29, 0.717) is 25.8 Å². The van der Waals surface area contributed by atoms with Crippen molar-refractivity contribution in [1.29, 1.82) is 0 Å². The number of likely N-dealkylation sites (tertiary alicyclic amines) is 1. The molecular formula is C26H27N5O3. The maximum atomic E-state index is 5.90. The molecule has 0 bridgehead atoms. The molecule has 0 saturated carbocycles. The highest BCUT2D eigenvalue weighted by Crippen LogP contribution is 2.34. The topological polar surface area (TPSA) is 73.2 Å². The van der Waals surface area contributed by atoms with Crippen molar-refractivity contribution < 1.29 is 14.2 Å². The number of aromatic nitrogens is 3. The lowest BCUT2D eigenvalue weighted by Crippen LogP contribution is -2.25. The van der Waals surface area contributed by atoms with E-state index in [1.165, 1.54) is 25.9 Å². The molecule has 2 aliphatic rings. The summed E-state index contributed by atoms with van der Waals surface area (Å²) in [5.74, 6) is 2.93. The minimum absolute atomic E-state index is 0.535. The van der Waals surface area contributed by atoms with Gasteiger partial charge in [0.2, 0.25) is 5.95 Å². The van der Waals surface area contributed by atoms with Crippen LogP contribution in [0.2, 0.25) is 0 Å². The zero-order chi connectivity index (χ0) is 22.7. The Bertz CT molecular complexity index is 1280. The predicted octanol–water partition coefficient (Wildman–Crippen LogP) is 4.39. The van der Waals surface area contributed by atoms with Crippen LogP contribution in [-0.2, 0) is 0 Å². The van der Waals surface area contributed by atoms with E-state index in [-0.39, 0.29) is 0 Å². The summed E-state index contributed by atoms with van der Waals surface area (Å²) >= 11 is 0. The Balaban J connectivity index is 1.16. The van der Waals surface area contributed by atoms with Crippen molar-refractivity contribution in [2.45, 2.75) is 12.8 Å². The largest absolute Gasteiger partial charge is 0.492 e. The number of hydrogen-bond donors (Lipinski definition) is 1. The van der Waals surface area contributed by atoms with Crippen molar-refractivity contribution in [3.8, 4) is 28.5 Å². The van der Waals surface area contributed by atoms with Gasteiger partial charge in [0.15, 0.2) is 17.1 Å². The summed E-state index contributed by atoms with van der Waals surface area (Å²) in [7, 11) is 0. The fourth-order valence-electron chi connectivity index (χ4n) is 4.44. The van der Waals surface area contributed by atoms with Gasteiger partial charge in [-0.1, -0.05) is 6.07 Å². The maximum absolute atomic E-state index is 5.90. The third-order valence-electron chi connectivity index (χ3n) is 6.18. The summed E-state index contributed by atoms with van der Waals surface area (Å²) in [6.07, 6.45) is 2.60. The van der Waals surface area contributed by atoms with Crippen LogP contribution in [0.4, 0.5) is 11.6 Å². The Kier molecular flexibility index (Phi) is 5.64. The number of fused-ring (bicyclic) bond motifs is 2. The standard InChI is InChI=1S/C26H27N5O3/c1-2-13-30(12-1)14-15-32-21-9-7-20(8-10-21)27-26-28-25-5-3-4-22(31(25)29-26)19-6-11-23-24(18-19)34-17-16-33-23/h3-11,18H,1-2,12-17H2,(H,27,29). The van der Waals surface area contributed by atoms with Gasteiger partial charge in [-0.25, -0.2) is 4.52 Å². The first-order valence-electron chi connectivity index (χ1n) is 11.8. The molecule has 2 aromatic carbocycles. The van der Waals surface area contributed by atoms with Crippen LogP contribution in [0.5, 0.6) is 17.2 Å². The summed E-state index contributed by atoms with van der Waals surface area (Å²) in [4.78, 5) is 7.09. The third kappa shape index (κ3) is 4.36. The zero-order valence-corrected chi connectivity index (χ0v) is 18.9. The van der Waals surface area contributed by atoms with E-state index in [2.05, 4.69) is 15.2 Å². The second-order valence-corrected chi connectivity index (χ2v) is 8.52. The highest BCUT2D eigenvalue weighted by Gasteiger charge is 2.15. The Labute approximate surface area is 198 Å². The lowest BCUT2D eigenvalue weighted by Gasteiger charge is -2.19. The fraction of sp³-hybridized carbons (Fsp3) is 0.308. The Morgan fingerprint density at radius 3 is 2.59 bits per heavy atom. The van der Waals surface area contributed by atoms with Gasteiger partial charge >= 0.3 is 0 Å². The van der Waals surface area contributed by atoms with Crippen LogP contribution in [0.25, 0.3) is 16.9 Å². The molecule has 4 aromatic rings. The molecule has 2 aliphatic heterocycles. The van der Waals surface area contributed by atoms with Crippen molar-refractivity contribution in [3.63, 3.8) is 0 Å². The Morgan fingerprint density at radius 2 is 1.74 bits per heavy atom. The predicted molar refractivity (Wildman–Crippen MR) is 130 cm³/mol. The number of nitrogens with one attached hydrogen (secondary N) is 1. The number of pyridine rings is 1. The number of benzene rings is 2. The van der Waals surface area contributed by atoms with Crippen LogP contribution in [0, 0.1) is 0 Å². The van der Waals surface area contributed by atoms with Gasteiger partial charge in [0.05, 0.1) is 5.69 Å². The van der Waals surface area contributed by atoms with Gasteiger partial charge in [-0.15, -0.1) is 5.10 Å². The molecular weight excluding hydrogens is 430 g/mol. The summed E-state index contributed by atoms with van der Waals surface area (Å²) in [6.45, 7) is 5.20. The van der Waals surface area contributed by atoms with Crippen LogP contribution in [0.15, 0.2) is 60.7 Å². The van der Waals surface area contributed by atoms with E-state index < -0.39 is 0 Å². The molecule has 4 heterocycles. The van der Waals surface area contributed by atoms with Gasteiger partial charge in [-0.3, -0.25) is 4.90 Å². The van der Waals surface area contributed by atoms with Crippen LogP contribution in [0.1, 0.15) is 12.8 Å². The Hall–Kier alpha value is -3.78. The van der Waals surface area contributed by atoms with E-state index in [1.54, 1.807) is 0 Å². The number of ether oxygens (including phenoxy) is 3. The number of anilines is 2. The molecule has 1 N–H and O–H groups in total. The van der Waals surface area contributed by atoms with E-state index in [0.717, 1.165) is 46.4 Å². The van der Waals surface area contributed by atoms with Gasteiger partial charge in [-0.05, 0) is 80.5 Å². The van der Waals surface area contributed by atoms with Gasteiger partial charge in [0.1, 0.15) is 25.6 Å². The Morgan fingerprint density at radius 1 is 0.912 bits per heavy atom. The molecule has 0 spiro atoms. The molecule has 1 saturated heterocycles. The molecule has 1 fully saturated rings. The number of nitrogens with zero attached hydrogens (tertiary/aromatic N) is 4. The maximum Gasteiger partial charge on any atom is 0.247 e. The quantitative estimate of drug-likeness (QED) is 0.441. The molecule has 6 rings (SSSR count). The molecule has 0 unspecified atom stereocenters. The monoisotopic (exact) mass is 457 g/mol. The van der Waals surface area contributed by atoms with Crippen LogP contribution in [0.3, 0.4) is 0 Å². The highest BCUT2D eigenvalue weighted by atomic mass is 16.6. The van der Waals surface area contributed by atoms with Gasteiger partial charge in [0, 0.05) is 17.8 Å². The number of rotatable bonds is 7. The lowest BCUT2D eigenvalue weighted by molar-refractivity contribution is 0.171. The van der Waals surface area contributed by atoms with Crippen molar-refractivity contribution >= 4 is 17.3 Å². The van der Waals surface area contributed by atoms with Crippen LogP contribution in [-0.4, -0.2) is 59.0 Å². The van der Waals surface area contributed by atoms with E-state index in [1.807, 2.05) is 65.2 Å². The molecule has 2 aromatic heterocycles. The van der Waals surface area contributed by atoms with Crippen molar-refractivity contribution in [3.05, 3.63) is 60.7 Å². The van der Waals surface area contributed by atoms with Gasteiger partial charge < -0.3 is 19.5 Å². The van der Waals surface area contributed by atoms with Crippen LogP contribution < -0.4 is 19.5 Å². The van der Waals surface area contributed by atoms with Gasteiger partial charge in [0.25, 0.3) is 0 Å². The average molecular weight is 458 g/mol. The molecule has 0 amide bonds. The van der Waals surface area contributed by atoms with E-state index >= 15 is 0 Å². The zero-order valence-electron chi connectivity index (χ0n) is 18.9. The van der Waals surface area contributed by atoms with Crippen LogP contribution >= 0.6 is 0 Å². The summed E-state index contributed by atoms with van der Waals surface area (Å²) in [6, 6.07) is 19.8. The molecule has 34 heavy (non-hydrogen) atoms. The SMILES string of the molecule is c1cc(-c2ccc3c(c2)OCCO3)n2nc(Nc3ccc(OCCN4CCCC4)cc3)nc2c1. The second kappa shape index (κ2) is 9.23. The lowest BCUT2D eigenvalue weighted by atomic mass is 10.1. The first-order valence-corrected chi connectivity index (χ1v) is 11.8. The second-order valence-electron chi connectivity index (χ2n) is 8.52. The molecule has 174 valence electrons. The summed E-state index contributed by atoms with van der Waals surface area (Å²) < 4.78 is 19.1. The minimum Gasteiger partial charge on any atom is -0.492 e. The number of hydrogen-bond acceptors (Lipinski definition) is 7. The molecule has 8 nitrogen and oxygen atoms in total. The highest BCUT2D eigenvalue weighted by molar-refractivity contribution is 5.68. The first-order chi connectivity index (χ1) is 16.8. The average Bonchev–Trinajstić information content (AvgIpc) is 3.54. The van der Waals surface area contributed by atoms with Crippen molar-refractivity contribution in [2.24, 2.45) is 0 Å². The van der Waals surface area contributed by atoms with Crippen molar-refractivity contribution in [2.75, 3.05) is 44.8 Å². The van der Waals surface area contributed by atoms with Gasteiger partial charge in [-0.2, -0.15) is 4.98 Å². The van der Waals surface area contributed by atoms with E-state index in [4.69, 9.17) is 19.3 Å². The third-order valence-corrected chi connectivity index (χ3v) is 6.18. The molecule has 8 heteroatoms. The van der Waals surface area contributed by atoms with Crippen molar-refractivity contribution in [1.82, 2.24) is 19.5 Å². The smallest absolute Gasteiger partial charge is 0.247 e. The molecule has 0 aliphatic carbocycles. The fourth-order valence-corrected chi connectivity index (χ4v) is 4.44. The molecule has 0 radical (unpaired) electrons. The first kappa shape index (κ1) is 20.8. The normalized spacial score (nSPS) is 15.5. The van der Waals surface area contributed by atoms with E-state index in [9.17, 15) is 0 Å². The molecule has 0 atom stereocenters. The minimum atomic E-state index is 0.535. The summed E-state index contributed by atoms with van der Waals surface area (Å²) in [5.41, 5.74) is 3.58. The summed E-state index contributed by atoms with van der Waals surface area (Å²) in [5, 5.41) is 8.00.